The Morgan fingerprint density at radius 2 is 2.25 bits per heavy atom. The van der Waals surface area contributed by atoms with E-state index in [-0.39, 0.29) is 0 Å². The minimum atomic E-state index is 0.529. The van der Waals surface area contributed by atoms with Gasteiger partial charge >= 0.3 is 0 Å². The molecular weight excluding hydrogens is 340 g/mol. The van der Waals surface area contributed by atoms with Gasteiger partial charge in [0.2, 0.25) is 0 Å². The Morgan fingerprint density at radius 1 is 1.38 bits per heavy atom. The van der Waals surface area contributed by atoms with Crippen LogP contribution in [0.4, 0.5) is 5.82 Å². The van der Waals surface area contributed by atoms with Crippen LogP contribution in [0.5, 0.6) is 0 Å². The van der Waals surface area contributed by atoms with Crippen molar-refractivity contribution in [3.8, 4) is 0 Å². The van der Waals surface area contributed by atoms with Crippen molar-refractivity contribution in [2.45, 2.75) is 32.7 Å². The Bertz CT molecular complexity index is 838. The van der Waals surface area contributed by atoms with Gasteiger partial charge in [0, 0.05) is 16.8 Å². The van der Waals surface area contributed by atoms with Gasteiger partial charge in [-0.25, -0.2) is 15.0 Å². The van der Waals surface area contributed by atoms with Crippen molar-refractivity contribution in [1.29, 1.82) is 0 Å². The van der Waals surface area contributed by atoms with E-state index in [2.05, 4.69) is 50.7 Å². The minimum absolute atomic E-state index is 0.529. The molecule has 24 heavy (non-hydrogen) atoms. The predicted molar refractivity (Wildman–Crippen MR) is 102 cm³/mol. The van der Waals surface area contributed by atoms with E-state index in [1.165, 1.54) is 4.88 Å². The molecule has 3 rings (SSSR count). The number of aromatic nitrogens is 3. The molecule has 8 heteroatoms. The van der Waals surface area contributed by atoms with Crippen LogP contribution in [0.25, 0.3) is 10.2 Å². The van der Waals surface area contributed by atoms with E-state index in [0.29, 0.717) is 5.92 Å². The van der Waals surface area contributed by atoms with Crippen molar-refractivity contribution in [1.82, 2.24) is 20.3 Å². The summed E-state index contributed by atoms with van der Waals surface area (Å²) < 4.78 is 0. The molecule has 0 amide bonds. The third-order valence-corrected chi connectivity index (χ3v) is 5.82. The lowest BCUT2D eigenvalue weighted by molar-refractivity contribution is 0.748. The Balaban J connectivity index is 1.76. The molecule has 0 fully saturated rings. The number of thiophene rings is 1. The summed E-state index contributed by atoms with van der Waals surface area (Å²) in [6.45, 7) is 5.19. The predicted octanol–water partition coefficient (Wildman–Crippen LogP) is 3.83. The molecule has 2 N–H and O–H groups in total. The standard InChI is InChI=1S/C16H20N6S2/c1-4-10(2)13-5-12-15(18-9-19-16(12)24-13)22-20-7-14-21-11(6-17-3)8-23-14/h5,7-10,17H,4,6H2,1-3H3,(H,18,19,22)/b20-7+. The summed E-state index contributed by atoms with van der Waals surface area (Å²) in [6.07, 6.45) is 4.41. The van der Waals surface area contributed by atoms with E-state index in [9.17, 15) is 0 Å². The first-order chi connectivity index (χ1) is 11.7. The van der Waals surface area contributed by atoms with Crippen LogP contribution in [-0.4, -0.2) is 28.2 Å². The molecule has 0 aliphatic heterocycles. The molecule has 3 aromatic rings. The van der Waals surface area contributed by atoms with E-state index in [1.54, 1.807) is 35.2 Å². The molecule has 6 nitrogen and oxygen atoms in total. The first kappa shape index (κ1) is 16.9. The van der Waals surface area contributed by atoms with E-state index in [1.807, 2.05) is 12.4 Å². The number of nitrogens with one attached hydrogen (secondary N) is 2. The molecule has 3 heterocycles. The van der Waals surface area contributed by atoms with Crippen LogP contribution in [0.2, 0.25) is 0 Å². The van der Waals surface area contributed by atoms with Gasteiger partial charge in [-0.15, -0.1) is 22.7 Å². The second-order valence-electron chi connectivity index (χ2n) is 5.48. The van der Waals surface area contributed by atoms with E-state index in [4.69, 9.17) is 0 Å². The largest absolute Gasteiger partial charge is 0.314 e. The SMILES string of the molecule is CCC(C)c1cc2c(N/N=C/c3nc(CNC)cs3)ncnc2s1. The van der Waals surface area contributed by atoms with E-state index >= 15 is 0 Å². The van der Waals surface area contributed by atoms with Crippen LogP contribution in [0.15, 0.2) is 22.9 Å². The number of hydrogen-bond acceptors (Lipinski definition) is 8. The lowest BCUT2D eigenvalue weighted by Crippen LogP contribution is -2.05. The van der Waals surface area contributed by atoms with Crippen LogP contribution in [-0.2, 0) is 6.54 Å². The molecule has 0 aliphatic rings. The number of hydrogen-bond donors (Lipinski definition) is 2. The lowest BCUT2D eigenvalue weighted by atomic mass is 10.1. The first-order valence-corrected chi connectivity index (χ1v) is 9.53. The number of rotatable bonds is 7. The zero-order valence-corrected chi connectivity index (χ0v) is 15.5. The van der Waals surface area contributed by atoms with Crippen LogP contribution >= 0.6 is 22.7 Å². The number of hydrazone groups is 1. The molecule has 0 aliphatic carbocycles. The summed E-state index contributed by atoms with van der Waals surface area (Å²) in [5, 5.41) is 11.3. The molecule has 1 atom stereocenters. The summed E-state index contributed by atoms with van der Waals surface area (Å²) in [5.41, 5.74) is 4.04. The monoisotopic (exact) mass is 360 g/mol. The molecule has 0 aromatic carbocycles. The smallest absolute Gasteiger partial charge is 0.158 e. The zero-order chi connectivity index (χ0) is 16.9. The van der Waals surface area contributed by atoms with Gasteiger partial charge in [-0.05, 0) is 25.5 Å². The van der Waals surface area contributed by atoms with Gasteiger partial charge in [-0.3, -0.25) is 5.43 Å². The minimum Gasteiger partial charge on any atom is -0.314 e. The van der Waals surface area contributed by atoms with Gasteiger partial charge in [0.15, 0.2) is 5.82 Å². The van der Waals surface area contributed by atoms with Crippen molar-refractivity contribution in [3.63, 3.8) is 0 Å². The van der Waals surface area contributed by atoms with Gasteiger partial charge in [0.1, 0.15) is 16.2 Å². The zero-order valence-electron chi connectivity index (χ0n) is 13.9. The van der Waals surface area contributed by atoms with Gasteiger partial charge < -0.3 is 5.32 Å². The Hall–Kier alpha value is -1.90. The van der Waals surface area contributed by atoms with Gasteiger partial charge in [-0.1, -0.05) is 13.8 Å². The Labute approximate surface area is 149 Å². The Morgan fingerprint density at radius 3 is 3.04 bits per heavy atom. The van der Waals surface area contributed by atoms with Crippen LogP contribution in [0, 0.1) is 0 Å². The van der Waals surface area contributed by atoms with Gasteiger partial charge in [0.25, 0.3) is 0 Å². The molecule has 3 aromatic heterocycles. The highest BCUT2D eigenvalue weighted by Crippen LogP contribution is 2.33. The normalized spacial score (nSPS) is 13.0. The van der Waals surface area contributed by atoms with Gasteiger partial charge in [-0.2, -0.15) is 5.10 Å². The third-order valence-electron chi connectivity index (χ3n) is 3.72. The van der Waals surface area contributed by atoms with Crippen molar-refractivity contribution in [2.24, 2.45) is 5.10 Å². The fourth-order valence-corrected chi connectivity index (χ4v) is 4.01. The third kappa shape index (κ3) is 3.77. The molecule has 0 radical (unpaired) electrons. The van der Waals surface area contributed by atoms with Crippen molar-refractivity contribution in [2.75, 3.05) is 12.5 Å². The van der Waals surface area contributed by atoms with Crippen LogP contribution < -0.4 is 10.7 Å². The summed E-state index contributed by atoms with van der Waals surface area (Å²) in [6, 6.07) is 2.17. The second-order valence-corrected chi connectivity index (χ2v) is 7.43. The molecule has 1 unspecified atom stereocenters. The van der Waals surface area contributed by atoms with Crippen LogP contribution in [0.3, 0.4) is 0 Å². The molecular formula is C16H20N6S2. The topological polar surface area (TPSA) is 75.1 Å². The van der Waals surface area contributed by atoms with Crippen LogP contribution in [0.1, 0.15) is 41.8 Å². The van der Waals surface area contributed by atoms with Crippen molar-refractivity contribution < 1.29 is 0 Å². The highest BCUT2D eigenvalue weighted by molar-refractivity contribution is 7.18. The summed E-state index contributed by atoms with van der Waals surface area (Å²) >= 11 is 3.29. The summed E-state index contributed by atoms with van der Waals surface area (Å²) in [5.74, 6) is 1.26. The maximum absolute atomic E-state index is 4.47. The van der Waals surface area contributed by atoms with E-state index in [0.717, 1.165) is 39.7 Å². The fraction of sp³-hybridized carbons (Fsp3) is 0.375. The molecule has 126 valence electrons. The lowest BCUT2D eigenvalue weighted by Gasteiger charge is -2.02. The van der Waals surface area contributed by atoms with Gasteiger partial charge in [0.05, 0.1) is 17.3 Å². The van der Waals surface area contributed by atoms with E-state index < -0.39 is 0 Å². The quantitative estimate of drug-likeness (QED) is 0.495. The summed E-state index contributed by atoms with van der Waals surface area (Å²) in [7, 11) is 1.91. The van der Waals surface area contributed by atoms with Crippen molar-refractivity contribution >= 4 is 44.9 Å². The summed E-state index contributed by atoms with van der Waals surface area (Å²) in [4.78, 5) is 15.5. The average Bonchev–Trinajstić information content (AvgIpc) is 3.21. The maximum Gasteiger partial charge on any atom is 0.158 e. The first-order valence-electron chi connectivity index (χ1n) is 7.83. The second kappa shape index (κ2) is 7.78. The molecule has 0 saturated heterocycles. The molecule has 0 spiro atoms. The number of thiazole rings is 1. The number of anilines is 1. The number of nitrogens with zero attached hydrogens (tertiary/aromatic N) is 4. The van der Waals surface area contributed by atoms with Crippen molar-refractivity contribution in [3.05, 3.63) is 33.4 Å². The molecule has 0 bridgehead atoms. The fourth-order valence-electron chi connectivity index (χ4n) is 2.20. The Kier molecular flexibility index (Phi) is 5.49. The average molecular weight is 361 g/mol. The highest BCUT2D eigenvalue weighted by Gasteiger charge is 2.12. The highest BCUT2D eigenvalue weighted by atomic mass is 32.1. The number of fused-ring (bicyclic) bond motifs is 1. The maximum atomic E-state index is 4.47. The molecule has 0 saturated carbocycles.